The van der Waals surface area contributed by atoms with Crippen LogP contribution in [-0.4, -0.2) is 81.9 Å². The molecule has 47 heavy (non-hydrogen) atoms. The molecule has 2 aromatic heterocycles. The van der Waals surface area contributed by atoms with Gasteiger partial charge in [-0.25, -0.2) is 18.6 Å². The second-order valence-electron chi connectivity index (χ2n) is 10.0. The van der Waals surface area contributed by atoms with Crippen molar-refractivity contribution < 1.29 is 51.3 Å². The molecule has 4 bridgehead atoms. The minimum atomic E-state index is -4.94. The van der Waals surface area contributed by atoms with Gasteiger partial charge in [0.05, 0.1) is 79.3 Å². The van der Waals surface area contributed by atoms with Gasteiger partial charge >= 0.3 is 22.4 Å². The number of hydrogen-bond acceptors (Lipinski definition) is 15. The van der Waals surface area contributed by atoms with E-state index in [-0.39, 0.29) is 22.4 Å². The maximum Gasteiger partial charge on any atom is 1.00 e. The summed E-state index contributed by atoms with van der Waals surface area (Å²) in [5.41, 5.74) is 3.55. The van der Waals surface area contributed by atoms with Crippen LogP contribution in [-0.2, 0) is 48.6 Å². The van der Waals surface area contributed by atoms with Gasteiger partial charge in [0.15, 0.2) is 0 Å². The van der Waals surface area contributed by atoms with Crippen molar-refractivity contribution in [2.24, 2.45) is 0 Å². The summed E-state index contributed by atoms with van der Waals surface area (Å²) in [6.45, 7) is 7.70. The van der Waals surface area contributed by atoms with Crippen LogP contribution in [0.25, 0.3) is 0 Å². The Bertz CT molecular complexity index is 1210. The molecule has 15 nitrogen and oxygen atoms in total. The van der Waals surface area contributed by atoms with Gasteiger partial charge in [-0.15, -0.1) is 10.2 Å². The van der Waals surface area contributed by atoms with E-state index in [0.29, 0.717) is 78.5 Å². The van der Waals surface area contributed by atoms with E-state index in [1.54, 1.807) is 6.07 Å². The van der Waals surface area contributed by atoms with E-state index < -0.39 is 10.2 Å². The molecule has 0 aliphatic carbocycles. The second-order valence-corrected chi connectivity index (χ2v) is 10.8. The molecular formula is C30H37AgClN11O4. The van der Waals surface area contributed by atoms with E-state index in [1.807, 2.05) is 36.4 Å². The van der Waals surface area contributed by atoms with Gasteiger partial charge in [-0.3, -0.25) is 29.6 Å². The Balaban J connectivity index is 0.00000211. The van der Waals surface area contributed by atoms with Crippen LogP contribution in [0, 0.1) is 66.9 Å². The predicted molar refractivity (Wildman–Crippen MR) is 153 cm³/mol. The van der Waals surface area contributed by atoms with Crippen LogP contribution in [0.4, 0.5) is 0 Å². The van der Waals surface area contributed by atoms with E-state index >= 15 is 0 Å². The second kappa shape index (κ2) is 25.5. The third kappa shape index (κ3) is 21.8. The summed E-state index contributed by atoms with van der Waals surface area (Å²) in [5.74, 6) is 0. The van der Waals surface area contributed by atoms with Crippen LogP contribution in [0.3, 0.4) is 0 Å². The normalized spacial score (nSPS) is 15.5. The Kier molecular flexibility index (Phi) is 23.6. The van der Waals surface area contributed by atoms with Gasteiger partial charge in [0.25, 0.3) is 0 Å². The summed E-state index contributed by atoms with van der Waals surface area (Å²) in [6.07, 6.45) is 1.60. The van der Waals surface area contributed by atoms with Crippen LogP contribution in [0.5, 0.6) is 0 Å². The number of nitriles is 5. The Morgan fingerprint density at radius 1 is 0.574 bits per heavy atom. The number of pyridine rings is 2. The number of aromatic nitrogens is 2. The molecule has 1 aliphatic heterocycles. The summed E-state index contributed by atoms with van der Waals surface area (Å²) in [6, 6.07) is 22.6. The van der Waals surface area contributed by atoms with Gasteiger partial charge in [0, 0.05) is 59.3 Å². The van der Waals surface area contributed by atoms with Crippen molar-refractivity contribution in [1.29, 1.82) is 26.3 Å². The maximum atomic E-state index is 9.37. The molecule has 0 saturated heterocycles. The molecule has 17 heteroatoms. The summed E-state index contributed by atoms with van der Waals surface area (Å²) in [7, 11) is -4.94. The maximum absolute atomic E-state index is 9.37. The monoisotopic (exact) mass is 757 g/mol. The fourth-order valence-corrected chi connectivity index (χ4v) is 4.62. The quantitative estimate of drug-likeness (QED) is 0.243. The van der Waals surface area contributed by atoms with Gasteiger partial charge in [-0.05, 0) is 37.1 Å². The predicted octanol–water partition coefficient (Wildman–Crippen LogP) is -1.96. The number of nitrogens with zero attached hydrogens (tertiary/aromatic N) is 11. The molecule has 2 aromatic rings. The number of halogens is 1. The van der Waals surface area contributed by atoms with Gasteiger partial charge in [0.2, 0.25) is 0 Å². The topological polar surface area (TPSA) is 250 Å². The van der Waals surface area contributed by atoms with Crippen LogP contribution in [0.1, 0.15) is 42.5 Å². The molecule has 0 amide bonds. The van der Waals surface area contributed by atoms with E-state index in [9.17, 15) is 21.0 Å². The van der Waals surface area contributed by atoms with Gasteiger partial charge in [-0.1, -0.05) is 12.1 Å². The molecule has 254 valence electrons. The molecule has 0 unspecified atom stereocenters. The summed E-state index contributed by atoms with van der Waals surface area (Å²) in [5, 5.41) is 44.8. The van der Waals surface area contributed by atoms with Gasteiger partial charge < -0.3 is 0 Å². The average molecular weight is 759 g/mol. The van der Waals surface area contributed by atoms with Crippen LogP contribution < -0.4 is 18.6 Å². The minimum Gasteiger partial charge on any atom is -0.285 e. The van der Waals surface area contributed by atoms with Crippen molar-refractivity contribution in [1.82, 2.24) is 29.6 Å². The zero-order chi connectivity index (χ0) is 34.2. The van der Waals surface area contributed by atoms with Crippen LogP contribution in [0.2, 0.25) is 0 Å². The first-order valence-corrected chi connectivity index (χ1v) is 15.5. The zero-order valence-electron chi connectivity index (χ0n) is 26.1. The molecule has 0 spiro atoms. The summed E-state index contributed by atoms with van der Waals surface area (Å²) < 4.78 is 34.0. The first-order chi connectivity index (χ1) is 22.0. The molecule has 0 atom stereocenters. The van der Waals surface area contributed by atoms with Crippen molar-refractivity contribution in [3.63, 3.8) is 0 Å². The van der Waals surface area contributed by atoms with E-state index in [0.717, 1.165) is 35.6 Å². The molecule has 3 rings (SSSR count). The SMILES string of the molecule is CC#N.N#CCN1CCCN(CC#N)Cc2cccc(n2)CN(CC#N)CCCN(CC#N)Cc2cccc(n2)C1.[Ag+].[O-][Cl+3]([O-])([O-])[O-]. The average Bonchev–Trinajstić information content (AvgIpc) is 2.97. The molecule has 0 radical (unpaired) electrons. The first kappa shape index (κ1) is 43.5. The molecule has 3 heterocycles. The van der Waals surface area contributed by atoms with Crippen molar-refractivity contribution in [3.05, 3.63) is 59.2 Å². The Morgan fingerprint density at radius 3 is 0.979 bits per heavy atom. The Hall–Kier alpha value is -3.54. The number of hydrogen-bond donors (Lipinski definition) is 0. The first-order valence-electron chi connectivity index (χ1n) is 14.2. The standard InChI is InChI=1S/C28H34N10.C2H3N.Ag.ClHO4/c29-9-17-35-13-3-15-37(19-11-31)23-27-7-2-8-28(34-27)24-38(20-12-32)16-4-14-36(18-10-30)22-26-6-1-5-25(21-35)33-26;1-2-3;;2-1(3,4)5/h1-2,5-8H,3-4,13-24H2;1H3;;(H,2,3,4,5)/q;;+1;/p-1. The molecule has 0 aromatic carbocycles. The number of rotatable bonds is 4. The third-order valence-corrected chi connectivity index (χ3v) is 6.35. The summed E-state index contributed by atoms with van der Waals surface area (Å²) >= 11 is 0. The summed E-state index contributed by atoms with van der Waals surface area (Å²) in [4.78, 5) is 17.9. The third-order valence-electron chi connectivity index (χ3n) is 6.35. The smallest absolute Gasteiger partial charge is 0.285 e. The van der Waals surface area contributed by atoms with Crippen molar-refractivity contribution in [2.75, 3.05) is 52.4 Å². The molecule has 1 aliphatic rings. The Morgan fingerprint density at radius 2 is 0.787 bits per heavy atom. The van der Waals surface area contributed by atoms with Gasteiger partial charge in [-0.2, -0.15) is 26.3 Å². The molecular weight excluding hydrogens is 722 g/mol. The molecule has 0 N–H and O–H groups in total. The zero-order valence-corrected chi connectivity index (χ0v) is 28.3. The van der Waals surface area contributed by atoms with E-state index in [4.69, 9.17) is 33.9 Å². The van der Waals surface area contributed by atoms with Crippen molar-refractivity contribution in [2.45, 2.75) is 45.9 Å². The number of fused-ring (bicyclic) bond motifs is 4. The Labute approximate surface area is 294 Å². The molecule has 0 saturated carbocycles. The largest absolute Gasteiger partial charge is 1.00 e. The molecule has 0 fully saturated rings. The van der Waals surface area contributed by atoms with Gasteiger partial charge in [0.1, 0.15) is 0 Å². The van der Waals surface area contributed by atoms with Crippen LogP contribution in [0.15, 0.2) is 36.4 Å². The van der Waals surface area contributed by atoms with Crippen LogP contribution >= 0.6 is 0 Å². The van der Waals surface area contributed by atoms with Crippen molar-refractivity contribution in [3.8, 4) is 30.3 Å². The van der Waals surface area contributed by atoms with E-state index in [2.05, 4.69) is 43.9 Å². The van der Waals surface area contributed by atoms with Crippen molar-refractivity contribution >= 4 is 0 Å². The minimum absolute atomic E-state index is 0. The fourth-order valence-electron chi connectivity index (χ4n) is 4.62. The van der Waals surface area contributed by atoms with E-state index in [1.165, 1.54) is 6.92 Å². The fraction of sp³-hybridized carbons (Fsp3) is 0.500.